The zero-order valence-electron chi connectivity index (χ0n) is 12.8. The van der Waals surface area contributed by atoms with E-state index in [1.807, 2.05) is 6.07 Å². The number of hydrogen-bond donors (Lipinski definition) is 1. The summed E-state index contributed by atoms with van der Waals surface area (Å²) in [6, 6.07) is 4.29. The van der Waals surface area contributed by atoms with Crippen LogP contribution >= 0.6 is 11.3 Å². The van der Waals surface area contributed by atoms with Gasteiger partial charge in [-0.05, 0) is 21.4 Å². The van der Waals surface area contributed by atoms with E-state index in [0.717, 1.165) is 13.1 Å². The molecular formula is C14H19N5O3S. The normalized spacial score (nSPS) is 17.1. The van der Waals surface area contributed by atoms with Gasteiger partial charge < -0.3 is 20.2 Å². The van der Waals surface area contributed by atoms with Gasteiger partial charge in [-0.1, -0.05) is 6.07 Å². The third kappa shape index (κ3) is 3.52. The quantitative estimate of drug-likeness (QED) is 0.640. The number of imidazole rings is 1. The van der Waals surface area contributed by atoms with Crippen molar-refractivity contribution in [2.45, 2.75) is 6.04 Å². The number of aromatic nitrogens is 2. The van der Waals surface area contributed by atoms with Gasteiger partial charge in [0.1, 0.15) is 0 Å². The van der Waals surface area contributed by atoms with Crippen LogP contribution in [0, 0.1) is 10.1 Å². The topological polar surface area (TPSA) is 85.5 Å². The van der Waals surface area contributed by atoms with Crippen LogP contribution in [-0.4, -0.2) is 52.2 Å². The predicted octanol–water partition coefficient (Wildman–Crippen LogP) is 1.88. The molecule has 8 nitrogen and oxygen atoms in total. The second-order valence-electron chi connectivity index (χ2n) is 5.35. The highest BCUT2D eigenvalue weighted by molar-refractivity contribution is 7.10. The number of nitrogens with zero attached hydrogens (tertiary/aromatic N) is 4. The third-order valence-electron chi connectivity index (χ3n) is 3.91. The number of anilines is 1. The van der Waals surface area contributed by atoms with Crippen LogP contribution in [0.3, 0.4) is 0 Å². The number of ether oxygens (including phenoxy) is 1. The summed E-state index contributed by atoms with van der Waals surface area (Å²) in [5.74, 6) is 0.296. The maximum atomic E-state index is 11.1. The van der Waals surface area contributed by atoms with Gasteiger partial charge in [0.15, 0.2) is 0 Å². The van der Waals surface area contributed by atoms with Crippen molar-refractivity contribution in [2.75, 3.05) is 38.2 Å². The average molecular weight is 337 g/mol. The van der Waals surface area contributed by atoms with E-state index >= 15 is 0 Å². The van der Waals surface area contributed by atoms with Crippen molar-refractivity contribution >= 4 is 23.0 Å². The van der Waals surface area contributed by atoms with Crippen molar-refractivity contribution in [3.8, 4) is 0 Å². The summed E-state index contributed by atoms with van der Waals surface area (Å²) < 4.78 is 7.07. The second-order valence-corrected chi connectivity index (χ2v) is 6.32. The van der Waals surface area contributed by atoms with Gasteiger partial charge in [-0.25, -0.2) is 0 Å². The Labute approximate surface area is 137 Å². The van der Waals surface area contributed by atoms with E-state index in [1.54, 1.807) is 23.0 Å². The smallest absolute Gasteiger partial charge is 0.379 e. The van der Waals surface area contributed by atoms with Crippen molar-refractivity contribution in [2.24, 2.45) is 7.05 Å². The summed E-state index contributed by atoms with van der Waals surface area (Å²) in [6.45, 7) is 3.73. The monoisotopic (exact) mass is 337 g/mol. The van der Waals surface area contributed by atoms with Crippen LogP contribution < -0.4 is 5.32 Å². The van der Waals surface area contributed by atoms with E-state index in [1.165, 1.54) is 11.2 Å². The molecule has 1 aliphatic heterocycles. The number of thiophene rings is 1. The van der Waals surface area contributed by atoms with Crippen LogP contribution in [0.15, 0.2) is 23.8 Å². The minimum Gasteiger partial charge on any atom is -0.379 e. The third-order valence-corrected chi connectivity index (χ3v) is 4.89. The SMILES string of the molecule is Cn1cnc([N+](=O)[O-])c1NCC(c1cccs1)N1CCOCC1. The number of rotatable bonds is 6. The number of hydrogen-bond acceptors (Lipinski definition) is 7. The van der Waals surface area contributed by atoms with Gasteiger partial charge in [0.25, 0.3) is 0 Å². The van der Waals surface area contributed by atoms with Crippen LogP contribution in [0.25, 0.3) is 0 Å². The molecule has 3 heterocycles. The summed E-state index contributed by atoms with van der Waals surface area (Å²) in [4.78, 5) is 18.0. The molecule has 1 unspecified atom stereocenters. The van der Waals surface area contributed by atoms with Crippen LogP contribution in [0.2, 0.25) is 0 Å². The van der Waals surface area contributed by atoms with Crippen LogP contribution in [0.1, 0.15) is 10.9 Å². The molecule has 124 valence electrons. The molecule has 0 spiro atoms. The Hall–Kier alpha value is -1.97. The summed E-state index contributed by atoms with van der Waals surface area (Å²) >= 11 is 1.70. The Morgan fingerprint density at radius 2 is 2.30 bits per heavy atom. The molecule has 23 heavy (non-hydrogen) atoms. The molecule has 2 aromatic rings. The van der Waals surface area contributed by atoms with Gasteiger partial charge in [-0.2, -0.15) is 0 Å². The fraction of sp³-hybridized carbons (Fsp3) is 0.500. The molecule has 1 atom stereocenters. The first kappa shape index (κ1) is 15.9. The first-order chi connectivity index (χ1) is 11.2. The van der Waals surface area contributed by atoms with E-state index in [0.29, 0.717) is 25.6 Å². The van der Waals surface area contributed by atoms with Gasteiger partial charge in [0.05, 0.1) is 19.3 Å². The zero-order valence-corrected chi connectivity index (χ0v) is 13.7. The van der Waals surface area contributed by atoms with Crippen LogP contribution in [-0.2, 0) is 11.8 Å². The van der Waals surface area contributed by atoms with Crippen molar-refractivity contribution < 1.29 is 9.66 Å². The molecule has 3 rings (SSSR count). The van der Waals surface area contributed by atoms with Gasteiger partial charge in [0, 0.05) is 31.6 Å². The summed E-state index contributed by atoms with van der Waals surface area (Å²) in [5.41, 5.74) is 0. The predicted molar refractivity (Wildman–Crippen MR) is 87.8 cm³/mol. The highest BCUT2D eigenvalue weighted by Crippen LogP contribution is 2.28. The first-order valence-corrected chi connectivity index (χ1v) is 8.29. The van der Waals surface area contributed by atoms with E-state index in [2.05, 4.69) is 26.6 Å². The molecule has 2 aromatic heterocycles. The highest BCUT2D eigenvalue weighted by atomic mass is 32.1. The standard InChI is InChI=1S/C14H19N5O3S/c1-17-10-16-14(19(20)21)13(17)15-9-11(12-3-2-8-23-12)18-4-6-22-7-5-18/h2-3,8,10-11,15H,4-7,9H2,1H3. The first-order valence-electron chi connectivity index (χ1n) is 7.41. The molecule has 0 saturated carbocycles. The van der Waals surface area contributed by atoms with Gasteiger partial charge in [-0.15, -0.1) is 11.3 Å². The lowest BCUT2D eigenvalue weighted by molar-refractivity contribution is -0.388. The lowest BCUT2D eigenvalue weighted by Gasteiger charge is -2.34. The Kier molecular flexibility index (Phi) is 4.89. The largest absolute Gasteiger partial charge is 0.406 e. The molecule has 0 amide bonds. The number of nitro groups is 1. The molecule has 0 aromatic carbocycles. The lowest BCUT2D eigenvalue weighted by atomic mass is 10.2. The minimum atomic E-state index is -0.461. The summed E-state index contributed by atoms with van der Waals surface area (Å²) in [6.07, 6.45) is 1.45. The number of nitrogens with one attached hydrogen (secondary N) is 1. The molecule has 1 fully saturated rings. The van der Waals surface area contributed by atoms with E-state index < -0.39 is 4.92 Å². The summed E-state index contributed by atoms with van der Waals surface area (Å²) in [5, 5.41) is 16.3. The second kappa shape index (κ2) is 7.07. The van der Waals surface area contributed by atoms with Crippen molar-refractivity contribution in [3.63, 3.8) is 0 Å². The Morgan fingerprint density at radius 3 is 2.96 bits per heavy atom. The number of aryl methyl sites for hydroxylation is 1. The van der Waals surface area contributed by atoms with E-state index in [4.69, 9.17) is 4.74 Å². The van der Waals surface area contributed by atoms with Gasteiger partial charge in [0.2, 0.25) is 12.1 Å². The van der Waals surface area contributed by atoms with Gasteiger partial charge in [-0.3, -0.25) is 9.47 Å². The lowest BCUT2D eigenvalue weighted by Crippen LogP contribution is -2.41. The molecule has 0 radical (unpaired) electrons. The fourth-order valence-corrected chi connectivity index (χ4v) is 3.59. The van der Waals surface area contributed by atoms with E-state index in [-0.39, 0.29) is 11.9 Å². The maximum absolute atomic E-state index is 11.1. The average Bonchev–Trinajstić information content (AvgIpc) is 3.19. The maximum Gasteiger partial charge on any atom is 0.406 e. The number of morpholine rings is 1. The molecular weight excluding hydrogens is 318 g/mol. The molecule has 1 saturated heterocycles. The Morgan fingerprint density at radius 1 is 1.52 bits per heavy atom. The van der Waals surface area contributed by atoms with Gasteiger partial charge >= 0.3 is 5.82 Å². The Balaban J connectivity index is 1.77. The van der Waals surface area contributed by atoms with E-state index in [9.17, 15) is 10.1 Å². The van der Waals surface area contributed by atoms with Crippen molar-refractivity contribution in [1.29, 1.82) is 0 Å². The minimum absolute atomic E-state index is 0.139. The van der Waals surface area contributed by atoms with Crippen molar-refractivity contribution in [1.82, 2.24) is 14.5 Å². The fourth-order valence-electron chi connectivity index (χ4n) is 2.73. The molecule has 9 heteroatoms. The van der Waals surface area contributed by atoms with Crippen LogP contribution in [0.4, 0.5) is 11.6 Å². The summed E-state index contributed by atoms with van der Waals surface area (Å²) in [7, 11) is 1.75. The van der Waals surface area contributed by atoms with Crippen LogP contribution in [0.5, 0.6) is 0 Å². The molecule has 0 bridgehead atoms. The highest BCUT2D eigenvalue weighted by Gasteiger charge is 2.26. The molecule has 0 aliphatic carbocycles. The molecule has 1 N–H and O–H groups in total. The zero-order chi connectivity index (χ0) is 16.2. The molecule has 1 aliphatic rings. The van der Waals surface area contributed by atoms with Crippen molar-refractivity contribution in [3.05, 3.63) is 38.8 Å². The Bertz CT molecular complexity index is 651.